The first-order valence-corrected chi connectivity index (χ1v) is 12.9. The lowest BCUT2D eigenvalue weighted by atomic mass is 10.2. The predicted octanol–water partition coefficient (Wildman–Crippen LogP) is 4.00. The molecule has 1 aromatic carbocycles. The highest BCUT2D eigenvalue weighted by atomic mass is 32.2. The highest BCUT2D eigenvalue weighted by Gasteiger charge is 2.35. The number of carbonyl (C=O) groups excluding carboxylic acids is 1. The molecule has 0 bridgehead atoms. The van der Waals surface area contributed by atoms with Gasteiger partial charge in [-0.2, -0.15) is 0 Å². The van der Waals surface area contributed by atoms with Gasteiger partial charge in [-0.3, -0.25) is 18.9 Å². The Morgan fingerprint density at radius 1 is 1.25 bits per heavy atom. The number of benzene rings is 1. The summed E-state index contributed by atoms with van der Waals surface area (Å²) in [5, 5.41) is 3.29. The number of rotatable bonds is 7. The molecule has 2 aliphatic heterocycles. The lowest BCUT2D eigenvalue weighted by Crippen LogP contribution is -2.35. The molecule has 2 aromatic heterocycles. The van der Waals surface area contributed by atoms with Crippen LogP contribution in [0.2, 0.25) is 0 Å². The van der Waals surface area contributed by atoms with E-state index in [0.717, 1.165) is 29.7 Å². The van der Waals surface area contributed by atoms with Crippen LogP contribution in [0.25, 0.3) is 11.7 Å². The van der Waals surface area contributed by atoms with Crippen LogP contribution < -0.4 is 15.6 Å². The van der Waals surface area contributed by atoms with Gasteiger partial charge < -0.3 is 14.8 Å². The maximum absolute atomic E-state index is 13.6. The van der Waals surface area contributed by atoms with E-state index in [0.29, 0.717) is 46.0 Å². The van der Waals surface area contributed by atoms with Gasteiger partial charge in [-0.05, 0) is 55.2 Å². The Hall–Kier alpha value is -3.21. The van der Waals surface area contributed by atoms with Crippen LogP contribution in [0, 0.1) is 6.92 Å². The summed E-state index contributed by atoms with van der Waals surface area (Å²) in [5.74, 6) is 0.960. The van der Waals surface area contributed by atoms with Crippen LogP contribution in [-0.4, -0.2) is 50.9 Å². The van der Waals surface area contributed by atoms with Gasteiger partial charge in [-0.15, -0.1) is 0 Å². The van der Waals surface area contributed by atoms with Gasteiger partial charge in [0.25, 0.3) is 11.5 Å². The van der Waals surface area contributed by atoms with Crippen LogP contribution in [0.15, 0.2) is 52.3 Å². The summed E-state index contributed by atoms with van der Waals surface area (Å²) in [6.07, 6.45) is 5.24. The van der Waals surface area contributed by atoms with Gasteiger partial charge in [0, 0.05) is 19.3 Å². The largest absolute Gasteiger partial charge is 0.497 e. The van der Waals surface area contributed by atoms with Gasteiger partial charge in [-0.1, -0.05) is 42.2 Å². The maximum Gasteiger partial charge on any atom is 0.267 e. The molecule has 0 saturated carbocycles. The minimum Gasteiger partial charge on any atom is -0.497 e. The number of amides is 1. The lowest BCUT2D eigenvalue weighted by Gasteiger charge is -2.18. The van der Waals surface area contributed by atoms with Crippen molar-refractivity contribution in [3.05, 3.63) is 74.5 Å². The van der Waals surface area contributed by atoms with E-state index < -0.39 is 0 Å². The minimum absolute atomic E-state index is 0.00971. The number of nitrogens with one attached hydrogen (secondary N) is 1. The number of aromatic nitrogens is 2. The molecule has 1 unspecified atom stereocenters. The molecule has 0 radical (unpaired) electrons. The average Bonchev–Trinajstić information content (AvgIpc) is 3.49. The number of ether oxygens (including phenoxy) is 2. The van der Waals surface area contributed by atoms with Crippen molar-refractivity contribution in [2.75, 3.05) is 25.6 Å². The summed E-state index contributed by atoms with van der Waals surface area (Å²) < 4.78 is 12.9. The summed E-state index contributed by atoms with van der Waals surface area (Å²) in [6.45, 7) is 3.49. The Balaban J connectivity index is 1.49. The molecule has 2 aliphatic rings. The van der Waals surface area contributed by atoms with Crippen molar-refractivity contribution >= 4 is 51.7 Å². The van der Waals surface area contributed by atoms with Gasteiger partial charge in [0.05, 0.1) is 30.2 Å². The molecule has 5 rings (SSSR count). The number of thioether (sulfide) groups is 1. The molecule has 4 heterocycles. The first-order chi connectivity index (χ1) is 17.4. The Morgan fingerprint density at radius 2 is 2.06 bits per heavy atom. The van der Waals surface area contributed by atoms with E-state index >= 15 is 0 Å². The fraction of sp³-hybridized carbons (Fsp3) is 0.308. The zero-order valence-electron chi connectivity index (χ0n) is 20.0. The normalized spacial score (nSPS) is 19.0. The van der Waals surface area contributed by atoms with Crippen LogP contribution in [0.1, 0.15) is 29.5 Å². The Morgan fingerprint density at radius 3 is 2.78 bits per heavy atom. The highest BCUT2D eigenvalue weighted by Crippen LogP contribution is 2.34. The average molecular weight is 523 g/mol. The quantitative estimate of drug-likeness (QED) is 0.368. The van der Waals surface area contributed by atoms with Crippen LogP contribution in [0.5, 0.6) is 5.75 Å². The number of pyridine rings is 1. The van der Waals surface area contributed by atoms with Gasteiger partial charge in [-0.25, -0.2) is 4.98 Å². The van der Waals surface area contributed by atoms with Crippen molar-refractivity contribution in [3.63, 3.8) is 0 Å². The molecule has 2 saturated heterocycles. The number of hydrogen-bond donors (Lipinski definition) is 1. The van der Waals surface area contributed by atoms with Crippen LogP contribution >= 0.6 is 24.0 Å². The van der Waals surface area contributed by atoms with Crippen molar-refractivity contribution in [1.82, 2.24) is 14.3 Å². The number of thiocarbonyl (C=S) groups is 1. The topological polar surface area (TPSA) is 85.2 Å². The van der Waals surface area contributed by atoms with Gasteiger partial charge in [0.1, 0.15) is 21.5 Å². The number of anilines is 1. The predicted molar refractivity (Wildman–Crippen MR) is 145 cm³/mol. The van der Waals surface area contributed by atoms with E-state index in [4.69, 9.17) is 26.7 Å². The van der Waals surface area contributed by atoms with Crippen molar-refractivity contribution < 1.29 is 14.3 Å². The molecule has 1 N–H and O–H groups in total. The van der Waals surface area contributed by atoms with E-state index in [2.05, 4.69) is 5.32 Å². The van der Waals surface area contributed by atoms with Crippen molar-refractivity contribution in [3.8, 4) is 5.75 Å². The SMILES string of the molecule is COc1ccc(CNc2nc3ccc(C)cn3c(=O)c2/C=C2\SC(=S)N(CC3CCCO3)C2=O)cc1. The Bertz CT molecular complexity index is 1410. The molecule has 1 atom stereocenters. The van der Waals surface area contributed by atoms with Crippen LogP contribution in [0.3, 0.4) is 0 Å². The maximum atomic E-state index is 13.6. The standard InChI is InChI=1S/C26H26N4O4S2/c1-16-5-10-22-28-23(27-13-17-6-8-18(33-2)9-7-17)20(24(31)29(22)14-16)12-21-25(32)30(26(35)36-21)15-19-4-3-11-34-19/h5-10,12,14,19,27H,3-4,11,13,15H2,1-2H3/b21-12-. The lowest BCUT2D eigenvalue weighted by molar-refractivity contribution is -0.123. The Kier molecular flexibility index (Phi) is 7.08. The second-order valence-corrected chi connectivity index (χ2v) is 10.4. The third kappa shape index (κ3) is 5.02. The van der Waals surface area contributed by atoms with Crippen molar-refractivity contribution in [2.45, 2.75) is 32.4 Å². The summed E-state index contributed by atoms with van der Waals surface area (Å²) in [6, 6.07) is 11.4. The van der Waals surface area contributed by atoms with Crippen molar-refractivity contribution in [1.29, 1.82) is 0 Å². The molecular formula is C26H26N4O4S2. The molecule has 0 aliphatic carbocycles. The third-order valence-electron chi connectivity index (χ3n) is 6.18. The Labute approximate surface area is 218 Å². The molecule has 3 aromatic rings. The van der Waals surface area contributed by atoms with Gasteiger partial charge >= 0.3 is 0 Å². The monoisotopic (exact) mass is 522 g/mol. The van der Waals surface area contributed by atoms with E-state index in [-0.39, 0.29) is 17.6 Å². The van der Waals surface area contributed by atoms with Crippen LogP contribution in [-0.2, 0) is 16.1 Å². The van der Waals surface area contributed by atoms with E-state index in [1.807, 2.05) is 37.3 Å². The number of carbonyl (C=O) groups is 1. The summed E-state index contributed by atoms with van der Waals surface area (Å²) >= 11 is 6.69. The molecule has 1 amide bonds. The number of fused-ring (bicyclic) bond motifs is 1. The molecular weight excluding hydrogens is 496 g/mol. The van der Waals surface area contributed by atoms with E-state index in [1.54, 1.807) is 30.3 Å². The molecule has 8 nitrogen and oxygen atoms in total. The zero-order valence-corrected chi connectivity index (χ0v) is 21.7. The molecule has 0 spiro atoms. The molecule has 36 heavy (non-hydrogen) atoms. The third-order valence-corrected chi connectivity index (χ3v) is 7.56. The first kappa shape index (κ1) is 24.5. The van der Waals surface area contributed by atoms with E-state index in [1.165, 1.54) is 16.2 Å². The first-order valence-electron chi connectivity index (χ1n) is 11.7. The fourth-order valence-corrected chi connectivity index (χ4v) is 5.49. The van der Waals surface area contributed by atoms with Crippen LogP contribution in [0.4, 0.5) is 5.82 Å². The van der Waals surface area contributed by atoms with E-state index in [9.17, 15) is 9.59 Å². The number of hydrogen-bond acceptors (Lipinski definition) is 8. The summed E-state index contributed by atoms with van der Waals surface area (Å²) in [7, 11) is 1.62. The molecule has 10 heteroatoms. The number of methoxy groups -OCH3 is 1. The summed E-state index contributed by atoms with van der Waals surface area (Å²) in [5.41, 5.74) is 2.50. The number of nitrogens with zero attached hydrogens (tertiary/aromatic N) is 3. The highest BCUT2D eigenvalue weighted by molar-refractivity contribution is 8.26. The zero-order chi connectivity index (χ0) is 25.2. The molecule has 2 fully saturated rings. The second kappa shape index (κ2) is 10.4. The summed E-state index contributed by atoms with van der Waals surface area (Å²) in [4.78, 5) is 33.5. The van der Waals surface area contributed by atoms with Gasteiger partial charge in [0.15, 0.2) is 0 Å². The van der Waals surface area contributed by atoms with Crippen molar-refractivity contribution in [2.24, 2.45) is 0 Å². The number of aryl methyl sites for hydroxylation is 1. The molecule has 186 valence electrons. The van der Waals surface area contributed by atoms with Gasteiger partial charge in [0.2, 0.25) is 0 Å². The fourth-order valence-electron chi connectivity index (χ4n) is 4.23. The smallest absolute Gasteiger partial charge is 0.267 e. The minimum atomic E-state index is -0.259. The second-order valence-electron chi connectivity index (χ2n) is 8.74.